The molecule has 9 heteroatoms. The van der Waals surface area contributed by atoms with Crippen LogP contribution in [0, 0.1) is 0 Å². The first-order valence-electron chi connectivity index (χ1n) is 9.06. The van der Waals surface area contributed by atoms with Gasteiger partial charge < -0.3 is 4.74 Å². The van der Waals surface area contributed by atoms with E-state index in [2.05, 4.69) is 6.92 Å². The molecule has 0 saturated heterocycles. The van der Waals surface area contributed by atoms with Crippen molar-refractivity contribution in [1.29, 1.82) is 0 Å². The molecule has 0 bridgehead atoms. The molecule has 0 saturated carbocycles. The van der Waals surface area contributed by atoms with Gasteiger partial charge in [-0.05, 0) is 6.42 Å². The maximum atomic E-state index is 13.7. The summed E-state index contributed by atoms with van der Waals surface area (Å²) >= 11 is 0. The maximum Gasteiger partial charge on any atom is 0.299 e. The fourth-order valence-corrected chi connectivity index (χ4v) is 2.78. The smallest absolute Gasteiger partial charge is 0.299 e. The van der Waals surface area contributed by atoms with Gasteiger partial charge in [0.05, 0.1) is 6.61 Å². The molecule has 0 radical (unpaired) electrons. The van der Waals surface area contributed by atoms with E-state index in [4.69, 9.17) is 9.29 Å². The van der Waals surface area contributed by atoms with Crippen LogP contribution in [-0.2, 0) is 14.9 Å². The minimum absolute atomic E-state index is 0.118. The second kappa shape index (κ2) is 14.7. The lowest BCUT2D eigenvalue weighted by Crippen LogP contribution is -2.05. The molecule has 0 unspecified atom stereocenters. The number of unbranched alkanes of at least 4 members (excludes halogenated alkanes) is 9. The molecule has 0 amide bonds. The van der Waals surface area contributed by atoms with Crippen molar-refractivity contribution < 1.29 is 35.3 Å². The lowest BCUT2D eigenvalue weighted by Gasteiger charge is -2.09. The standard InChI is InChI=1S/C18H28F4O4S/c1-2-3-4-5-6-7-8-9-10-11-12-26-15(13-19)17(21)18(22)16(14-20)27(23,24)25/h13-14H,2-12H2,1H3,(H,23,24,25). The average molecular weight is 416 g/mol. The first kappa shape index (κ1) is 25.6. The highest BCUT2D eigenvalue weighted by atomic mass is 32.2. The zero-order chi connectivity index (χ0) is 20.7. The lowest BCUT2D eigenvalue weighted by molar-refractivity contribution is 0.194. The third kappa shape index (κ3) is 11.2. The van der Waals surface area contributed by atoms with Gasteiger partial charge >= 0.3 is 0 Å². The van der Waals surface area contributed by atoms with Gasteiger partial charge in [0.2, 0.25) is 5.83 Å². The normalized spacial score (nSPS) is 14.3. The molecule has 0 atom stereocenters. The van der Waals surface area contributed by atoms with Gasteiger partial charge in [0.1, 0.15) is 12.7 Å². The fourth-order valence-electron chi connectivity index (χ4n) is 2.35. The minimum atomic E-state index is -5.34. The van der Waals surface area contributed by atoms with Gasteiger partial charge in [0.15, 0.2) is 16.5 Å². The maximum absolute atomic E-state index is 13.7. The van der Waals surface area contributed by atoms with E-state index in [1.165, 1.54) is 32.1 Å². The minimum Gasteiger partial charge on any atom is -0.488 e. The molecular weight excluding hydrogens is 388 g/mol. The van der Waals surface area contributed by atoms with Crippen LogP contribution in [0.5, 0.6) is 0 Å². The average Bonchev–Trinajstić information content (AvgIpc) is 2.61. The van der Waals surface area contributed by atoms with Crippen molar-refractivity contribution in [1.82, 2.24) is 0 Å². The van der Waals surface area contributed by atoms with Gasteiger partial charge in [0.25, 0.3) is 10.1 Å². The van der Waals surface area contributed by atoms with Gasteiger partial charge in [-0.3, -0.25) is 4.55 Å². The van der Waals surface area contributed by atoms with Crippen molar-refractivity contribution in [2.45, 2.75) is 71.1 Å². The van der Waals surface area contributed by atoms with Gasteiger partial charge in [-0.15, -0.1) is 0 Å². The number of rotatable bonds is 15. The highest BCUT2D eigenvalue weighted by Gasteiger charge is 2.26. The Morgan fingerprint density at radius 3 is 1.74 bits per heavy atom. The molecular formula is C18H28F4O4S. The van der Waals surface area contributed by atoms with Crippen molar-refractivity contribution in [3.05, 3.63) is 35.0 Å². The Morgan fingerprint density at radius 2 is 1.33 bits per heavy atom. The Kier molecular flexibility index (Phi) is 13.9. The van der Waals surface area contributed by atoms with Gasteiger partial charge in [0, 0.05) is 0 Å². The quantitative estimate of drug-likeness (QED) is 0.108. The summed E-state index contributed by atoms with van der Waals surface area (Å²) in [5.74, 6) is -5.52. The summed E-state index contributed by atoms with van der Waals surface area (Å²) in [6.45, 7) is 2.04. The SMILES string of the molecule is CCCCCCCCCCCCOC(=CF)C(F)=C(F)C(=CF)S(=O)(=O)O. The lowest BCUT2D eigenvalue weighted by atomic mass is 10.1. The number of hydrogen-bond donors (Lipinski definition) is 1. The van der Waals surface area contributed by atoms with E-state index >= 15 is 0 Å². The summed E-state index contributed by atoms with van der Waals surface area (Å²) in [4.78, 5) is -1.94. The summed E-state index contributed by atoms with van der Waals surface area (Å²) in [6.07, 6.45) is 9.18. The Hall–Kier alpha value is -1.35. The largest absolute Gasteiger partial charge is 0.488 e. The van der Waals surface area contributed by atoms with Crippen LogP contribution in [0.15, 0.2) is 35.0 Å². The molecule has 158 valence electrons. The van der Waals surface area contributed by atoms with Crippen LogP contribution >= 0.6 is 0 Å². The van der Waals surface area contributed by atoms with E-state index in [1.54, 1.807) is 0 Å². The molecule has 0 aliphatic heterocycles. The first-order valence-corrected chi connectivity index (χ1v) is 10.5. The monoisotopic (exact) mass is 416 g/mol. The molecule has 1 N–H and O–H groups in total. The molecule has 0 aromatic rings. The summed E-state index contributed by atoms with van der Waals surface area (Å²) in [5.41, 5.74) is 0. The topological polar surface area (TPSA) is 63.6 Å². The van der Waals surface area contributed by atoms with Crippen LogP contribution in [0.2, 0.25) is 0 Å². The van der Waals surface area contributed by atoms with Crippen LogP contribution in [0.25, 0.3) is 0 Å². The number of allylic oxidation sites excluding steroid dienone is 2. The summed E-state index contributed by atoms with van der Waals surface area (Å²) in [7, 11) is -5.34. The molecule has 0 fully saturated rings. The first-order chi connectivity index (χ1) is 12.8. The predicted octanol–water partition coefficient (Wildman–Crippen LogP) is 6.58. The van der Waals surface area contributed by atoms with Crippen molar-refractivity contribution >= 4 is 10.1 Å². The van der Waals surface area contributed by atoms with Crippen LogP contribution in [0.1, 0.15) is 71.1 Å². The molecule has 27 heavy (non-hydrogen) atoms. The molecule has 0 aromatic heterocycles. The predicted molar refractivity (Wildman–Crippen MR) is 97.0 cm³/mol. The van der Waals surface area contributed by atoms with E-state index in [0.717, 1.165) is 25.7 Å². The summed E-state index contributed by atoms with van der Waals surface area (Å²) in [6, 6.07) is 0. The molecule has 0 aliphatic carbocycles. The van der Waals surface area contributed by atoms with Crippen molar-refractivity contribution in [2.24, 2.45) is 0 Å². The van der Waals surface area contributed by atoms with Crippen LogP contribution in [0.3, 0.4) is 0 Å². The number of hydrogen-bond acceptors (Lipinski definition) is 3. The molecule has 0 aliphatic rings. The highest BCUT2D eigenvalue weighted by Crippen LogP contribution is 2.27. The Labute approximate surface area is 158 Å². The van der Waals surface area contributed by atoms with E-state index in [1.807, 2.05) is 0 Å². The van der Waals surface area contributed by atoms with Crippen molar-refractivity contribution in [2.75, 3.05) is 6.61 Å². The van der Waals surface area contributed by atoms with E-state index in [-0.39, 0.29) is 6.61 Å². The third-order valence-electron chi connectivity index (χ3n) is 3.86. The Morgan fingerprint density at radius 1 is 0.852 bits per heavy atom. The van der Waals surface area contributed by atoms with Crippen LogP contribution < -0.4 is 0 Å². The number of ether oxygens (including phenoxy) is 1. The van der Waals surface area contributed by atoms with Gasteiger partial charge in [-0.25, -0.2) is 13.2 Å². The number of halogens is 4. The second-order valence-electron chi connectivity index (χ2n) is 6.08. The second-order valence-corrected chi connectivity index (χ2v) is 7.47. The molecule has 0 heterocycles. The zero-order valence-electron chi connectivity index (χ0n) is 15.5. The van der Waals surface area contributed by atoms with Crippen molar-refractivity contribution in [3.63, 3.8) is 0 Å². The van der Waals surface area contributed by atoms with Gasteiger partial charge in [-0.1, -0.05) is 64.7 Å². The van der Waals surface area contributed by atoms with E-state index in [0.29, 0.717) is 6.42 Å². The molecule has 0 rings (SSSR count). The summed E-state index contributed by atoms with van der Waals surface area (Å²) < 4.78 is 87.2. The fraction of sp³-hybridized carbons (Fsp3) is 0.667. The van der Waals surface area contributed by atoms with E-state index in [9.17, 15) is 26.0 Å². The molecule has 4 nitrogen and oxygen atoms in total. The third-order valence-corrected chi connectivity index (χ3v) is 4.68. The zero-order valence-corrected chi connectivity index (χ0v) is 16.3. The highest BCUT2D eigenvalue weighted by molar-refractivity contribution is 7.90. The Bertz CT molecular complexity index is 613. The molecule has 0 aromatic carbocycles. The van der Waals surface area contributed by atoms with Crippen LogP contribution in [-0.4, -0.2) is 19.6 Å². The van der Waals surface area contributed by atoms with Crippen LogP contribution in [0.4, 0.5) is 17.6 Å². The van der Waals surface area contributed by atoms with E-state index < -0.39 is 45.1 Å². The molecule has 0 spiro atoms. The Balaban J connectivity index is 4.24. The summed E-state index contributed by atoms with van der Waals surface area (Å²) in [5, 5.41) is 0. The van der Waals surface area contributed by atoms with Crippen molar-refractivity contribution in [3.8, 4) is 0 Å². The van der Waals surface area contributed by atoms with Gasteiger partial charge in [-0.2, -0.15) is 12.8 Å².